The van der Waals surface area contributed by atoms with Crippen molar-refractivity contribution in [1.82, 2.24) is 10.6 Å². The largest absolute Gasteiger partial charge is 0.351 e. The molecule has 0 radical (unpaired) electrons. The topological polar surface area (TPSA) is 61.4 Å². The van der Waals surface area contributed by atoms with Crippen LogP contribution in [0.2, 0.25) is 0 Å². The van der Waals surface area contributed by atoms with Crippen LogP contribution in [0.4, 0.5) is 10.5 Å². The van der Waals surface area contributed by atoms with Crippen LogP contribution < -0.4 is 15.5 Å². The van der Waals surface area contributed by atoms with E-state index in [9.17, 15) is 9.59 Å². The van der Waals surface area contributed by atoms with E-state index >= 15 is 0 Å². The number of nitrogens with zero attached hydrogens (tertiary/aromatic N) is 1. The van der Waals surface area contributed by atoms with Gasteiger partial charge in [0.15, 0.2) is 0 Å². The van der Waals surface area contributed by atoms with Crippen molar-refractivity contribution in [2.24, 2.45) is 0 Å². The molecule has 22 heavy (non-hydrogen) atoms. The van der Waals surface area contributed by atoms with E-state index in [-0.39, 0.29) is 23.9 Å². The van der Waals surface area contributed by atoms with Crippen molar-refractivity contribution >= 4 is 29.4 Å². The number of thioether (sulfide) groups is 1. The van der Waals surface area contributed by atoms with Gasteiger partial charge in [-0.3, -0.25) is 9.69 Å². The van der Waals surface area contributed by atoms with Crippen LogP contribution in [0, 0.1) is 0 Å². The van der Waals surface area contributed by atoms with Crippen molar-refractivity contribution in [2.75, 3.05) is 24.7 Å². The highest BCUT2D eigenvalue weighted by Crippen LogP contribution is 2.19. The molecule has 0 aliphatic heterocycles. The third-order valence-electron chi connectivity index (χ3n) is 2.91. The first kappa shape index (κ1) is 18.4. The summed E-state index contributed by atoms with van der Waals surface area (Å²) >= 11 is 1.66. The fourth-order valence-corrected chi connectivity index (χ4v) is 2.21. The molecule has 0 saturated heterocycles. The second kappa shape index (κ2) is 8.08. The average molecular weight is 323 g/mol. The van der Waals surface area contributed by atoms with Gasteiger partial charge >= 0.3 is 6.03 Å². The summed E-state index contributed by atoms with van der Waals surface area (Å²) in [5.74, 6) is -0.0697. The summed E-state index contributed by atoms with van der Waals surface area (Å²) in [7, 11) is 1.71. The molecular weight excluding hydrogens is 298 g/mol. The van der Waals surface area contributed by atoms with Gasteiger partial charge in [-0.25, -0.2) is 4.79 Å². The van der Waals surface area contributed by atoms with E-state index in [1.54, 1.807) is 18.8 Å². The van der Waals surface area contributed by atoms with Crippen molar-refractivity contribution < 1.29 is 9.59 Å². The first-order valence-corrected chi connectivity index (χ1v) is 8.42. The van der Waals surface area contributed by atoms with Gasteiger partial charge < -0.3 is 10.6 Å². The zero-order valence-corrected chi connectivity index (χ0v) is 14.7. The third kappa shape index (κ3) is 6.39. The number of carbonyl (C=O) groups is 2. The van der Waals surface area contributed by atoms with E-state index in [0.717, 1.165) is 10.6 Å². The molecule has 0 atom stereocenters. The van der Waals surface area contributed by atoms with Crippen LogP contribution in [0.1, 0.15) is 27.2 Å². The lowest BCUT2D eigenvalue weighted by Crippen LogP contribution is -2.43. The van der Waals surface area contributed by atoms with Crippen LogP contribution in [0.3, 0.4) is 0 Å². The number of urea groups is 1. The Hall–Kier alpha value is -1.69. The first-order valence-electron chi connectivity index (χ1n) is 7.19. The summed E-state index contributed by atoms with van der Waals surface area (Å²) in [5, 5.41) is 5.61. The maximum Gasteiger partial charge on any atom is 0.321 e. The van der Waals surface area contributed by atoms with Crippen LogP contribution in [-0.4, -0.2) is 37.3 Å². The van der Waals surface area contributed by atoms with Crippen molar-refractivity contribution in [3.63, 3.8) is 0 Å². The Kier molecular flexibility index (Phi) is 6.74. The maximum absolute atomic E-state index is 12.0. The molecule has 0 saturated carbocycles. The normalized spacial score (nSPS) is 11.0. The Balaban J connectivity index is 2.42. The minimum Gasteiger partial charge on any atom is -0.351 e. The molecule has 5 nitrogen and oxygen atoms in total. The number of nitrogens with one attached hydrogen (secondary N) is 2. The molecule has 2 N–H and O–H groups in total. The maximum atomic E-state index is 12.0. The monoisotopic (exact) mass is 323 g/mol. The van der Waals surface area contributed by atoms with Crippen LogP contribution in [0.15, 0.2) is 29.2 Å². The predicted molar refractivity (Wildman–Crippen MR) is 92.5 cm³/mol. The standard InChI is InChI=1S/C16H25N3O2S/c1-16(2,3)18-14(20)10-11-17-15(21)19(4)12-6-8-13(22-5)9-7-12/h6-9H,10-11H2,1-5H3,(H,17,21)(H,18,20). The van der Waals surface area contributed by atoms with Gasteiger partial charge in [0, 0.05) is 36.1 Å². The lowest BCUT2D eigenvalue weighted by molar-refractivity contribution is -0.122. The summed E-state index contributed by atoms with van der Waals surface area (Å²) in [4.78, 5) is 26.4. The summed E-state index contributed by atoms with van der Waals surface area (Å²) in [5.41, 5.74) is 0.561. The zero-order chi connectivity index (χ0) is 16.8. The lowest BCUT2D eigenvalue weighted by Gasteiger charge is -2.21. The van der Waals surface area contributed by atoms with E-state index in [1.807, 2.05) is 51.3 Å². The minimum absolute atomic E-state index is 0.0697. The van der Waals surface area contributed by atoms with Gasteiger partial charge in [0.05, 0.1) is 0 Å². The molecule has 6 heteroatoms. The SMILES string of the molecule is CSc1ccc(N(C)C(=O)NCCC(=O)NC(C)(C)C)cc1. The second-order valence-electron chi connectivity index (χ2n) is 6.04. The number of rotatable bonds is 5. The molecule has 0 spiro atoms. The summed E-state index contributed by atoms with van der Waals surface area (Å²) in [6.07, 6.45) is 2.27. The van der Waals surface area contributed by atoms with E-state index in [0.29, 0.717) is 6.54 Å². The summed E-state index contributed by atoms with van der Waals surface area (Å²) in [6.45, 7) is 6.09. The summed E-state index contributed by atoms with van der Waals surface area (Å²) in [6, 6.07) is 7.52. The molecule has 122 valence electrons. The molecule has 0 aromatic heterocycles. The molecule has 0 unspecified atom stereocenters. The molecule has 0 bridgehead atoms. The van der Waals surface area contributed by atoms with Gasteiger partial charge in [-0.05, 0) is 51.3 Å². The van der Waals surface area contributed by atoms with Crippen molar-refractivity contribution in [3.05, 3.63) is 24.3 Å². The van der Waals surface area contributed by atoms with Gasteiger partial charge in [0.1, 0.15) is 0 Å². The van der Waals surface area contributed by atoms with Gasteiger partial charge in [-0.1, -0.05) is 0 Å². The molecule has 0 aliphatic rings. The zero-order valence-electron chi connectivity index (χ0n) is 13.9. The van der Waals surface area contributed by atoms with Gasteiger partial charge in [0.25, 0.3) is 0 Å². The Morgan fingerprint density at radius 3 is 2.27 bits per heavy atom. The Bertz CT molecular complexity index is 509. The Labute approximate surface area is 136 Å². The van der Waals surface area contributed by atoms with E-state index < -0.39 is 0 Å². The summed E-state index contributed by atoms with van der Waals surface area (Å²) < 4.78 is 0. The van der Waals surface area contributed by atoms with Crippen molar-refractivity contribution in [2.45, 2.75) is 37.6 Å². The van der Waals surface area contributed by atoms with Gasteiger partial charge in [0.2, 0.25) is 5.91 Å². The number of benzene rings is 1. The van der Waals surface area contributed by atoms with E-state index in [1.165, 1.54) is 4.90 Å². The molecule has 0 heterocycles. The Morgan fingerprint density at radius 1 is 1.18 bits per heavy atom. The minimum atomic E-state index is -0.253. The van der Waals surface area contributed by atoms with E-state index in [4.69, 9.17) is 0 Å². The van der Waals surface area contributed by atoms with Gasteiger partial charge in [-0.2, -0.15) is 0 Å². The fourth-order valence-electron chi connectivity index (χ4n) is 1.81. The van der Waals surface area contributed by atoms with Crippen molar-refractivity contribution in [3.8, 4) is 0 Å². The second-order valence-corrected chi connectivity index (χ2v) is 6.92. The number of amides is 3. The molecule has 1 aromatic rings. The number of carbonyl (C=O) groups excluding carboxylic acids is 2. The number of anilines is 1. The number of hydrogen-bond donors (Lipinski definition) is 2. The lowest BCUT2D eigenvalue weighted by atomic mass is 10.1. The molecule has 3 amide bonds. The van der Waals surface area contributed by atoms with Crippen LogP contribution in [0.25, 0.3) is 0 Å². The number of hydrogen-bond acceptors (Lipinski definition) is 3. The average Bonchev–Trinajstić information content (AvgIpc) is 2.44. The highest BCUT2D eigenvalue weighted by molar-refractivity contribution is 7.98. The molecule has 1 aromatic carbocycles. The van der Waals surface area contributed by atoms with Crippen LogP contribution in [-0.2, 0) is 4.79 Å². The predicted octanol–water partition coefficient (Wildman–Crippen LogP) is 2.86. The van der Waals surface area contributed by atoms with Crippen molar-refractivity contribution in [1.29, 1.82) is 0 Å². The Morgan fingerprint density at radius 2 is 1.77 bits per heavy atom. The molecule has 0 fully saturated rings. The third-order valence-corrected chi connectivity index (χ3v) is 3.65. The quantitative estimate of drug-likeness (QED) is 0.819. The first-order chi connectivity index (χ1) is 10.2. The smallest absolute Gasteiger partial charge is 0.321 e. The fraction of sp³-hybridized carbons (Fsp3) is 0.500. The van der Waals surface area contributed by atoms with Crippen LogP contribution >= 0.6 is 11.8 Å². The molecule has 1 rings (SSSR count). The highest BCUT2D eigenvalue weighted by Gasteiger charge is 2.14. The molecular formula is C16H25N3O2S. The van der Waals surface area contributed by atoms with Crippen LogP contribution in [0.5, 0.6) is 0 Å². The van der Waals surface area contributed by atoms with Gasteiger partial charge in [-0.15, -0.1) is 11.8 Å². The highest BCUT2D eigenvalue weighted by atomic mass is 32.2. The van der Waals surface area contributed by atoms with E-state index in [2.05, 4.69) is 10.6 Å². The molecule has 0 aliphatic carbocycles.